The van der Waals surface area contributed by atoms with Crippen molar-refractivity contribution in [2.75, 3.05) is 0 Å². The summed E-state index contributed by atoms with van der Waals surface area (Å²) in [5.41, 5.74) is 2.24. The zero-order valence-corrected chi connectivity index (χ0v) is 9.59. The monoisotopic (exact) mass is 223 g/mol. The molecule has 2 aromatic rings. The first-order valence-corrected chi connectivity index (χ1v) is 5.66. The Morgan fingerprint density at radius 1 is 0.941 bits per heavy atom. The molecule has 0 amide bonds. The van der Waals surface area contributed by atoms with Gasteiger partial charge in [-0.2, -0.15) is 0 Å². The number of aliphatic imine (C=N–C) groups is 1. The average molecular weight is 223 g/mol. The Kier molecular flexibility index (Phi) is 2.13. The van der Waals surface area contributed by atoms with E-state index in [1.54, 1.807) is 0 Å². The maximum atomic E-state index is 11.0. The van der Waals surface area contributed by atoms with Gasteiger partial charge in [0, 0.05) is 5.56 Å². The molecule has 1 aliphatic rings. The molecule has 0 saturated carbocycles. The number of hydrogen-bond donors (Lipinski definition) is 1. The van der Waals surface area contributed by atoms with Crippen molar-refractivity contribution >= 4 is 11.4 Å². The lowest BCUT2D eigenvalue weighted by Crippen LogP contribution is -2.32. The fourth-order valence-electron chi connectivity index (χ4n) is 2.38. The molecule has 84 valence electrons. The minimum absolute atomic E-state index is 0.727. The van der Waals surface area contributed by atoms with Gasteiger partial charge < -0.3 is 5.11 Å². The minimum atomic E-state index is -1.07. The Labute approximate surface area is 100 Å². The van der Waals surface area contributed by atoms with Crippen LogP contribution in [0.3, 0.4) is 0 Å². The number of aliphatic hydroxyl groups is 1. The van der Waals surface area contributed by atoms with E-state index in [1.165, 1.54) is 0 Å². The smallest absolute Gasteiger partial charge is 0.155 e. The van der Waals surface area contributed by atoms with E-state index in [1.807, 2.05) is 61.5 Å². The molecule has 0 aliphatic carbocycles. The van der Waals surface area contributed by atoms with Crippen molar-refractivity contribution in [2.45, 2.75) is 12.5 Å². The van der Waals surface area contributed by atoms with Crippen molar-refractivity contribution < 1.29 is 5.11 Å². The van der Waals surface area contributed by atoms with E-state index in [4.69, 9.17) is 0 Å². The standard InChI is InChI=1S/C15H13NO/c1-11-15(17,12-7-3-2-4-8-12)13-9-5-6-10-14(13)16-11/h2-10,17H,1H3. The summed E-state index contributed by atoms with van der Waals surface area (Å²) in [5, 5.41) is 11.0. The second-order valence-electron chi connectivity index (χ2n) is 4.29. The predicted molar refractivity (Wildman–Crippen MR) is 68.7 cm³/mol. The molecule has 1 atom stereocenters. The van der Waals surface area contributed by atoms with E-state index in [2.05, 4.69) is 4.99 Å². The van der Waals surface area contributed by atoms with E-state index in [0.717, 1.165) is 22.5 Å². The predicted octanol–water partition coefficient (Wildman–Crippen LogP) is 3.03. The molecule has 0 bridgehead atoms. The second-order valence-corrected chi connectivity index (χ2v) is 4.29. The highest BCUT2D eigenvalue weighted by Crippen LogP contribution is 2.42. The fraction of sp³-hybridized carbons (Fsp3) is 0.133. The Bertz CT molecular complexity index is 589. The molecule has 0 saturated heterocycles. The topological polar surface area (TPSA) is 32.6 Å². The van der Waals surface area contributed by atoms with Gasteiger partial charge in [0.25, 0.3) is 0 Å². The van der Waals surface area contributed by atoms with Crippen LogP contribution in [0.5, 0.6) is 0 Å². The molecule has 0 fully saturated rings. The largest absolute Gasteiger partial charge is 0.375 e. The summed E-state index contributed by atoms with van der Waals surface area (Å²) in [6.45, 7) is 1.87. The Hall–Kier alpha value is -1.93. The van der Waals surface area contributed by atoms with Crippen LogP contribution in [0.2, 0.25) is 0 Å². The van der Waals surface area contributed by atoms with Gasteiger partial charge in [0.1, 0.15) is 0 Å². The third-order valence-electron chi connectivity index (χ3n) is 3.30. The summed E-state index contributed by atoms with van der Waals surface area (Å²) in [5.74, 6) is 0. The van der Waals surface area contributed by atoms with E-state index >= 15 is 0 Å². The van der Waals surface area contributed by atoms with Gasteiger partial charge in [0.15, 0.2) is 5.60 Å². The second kappa shape index (κ2) is 3.54. The van der Waals surface area contributed by atoms with Gasteiger partial charge in [-0.3, -0.25) is 4.99 Å². The minimum Gasteiger partial charge on any atom is -0.375 e. The van der Waals surface area contributed by atoms with Crippen LogP contribution in [0.25, 0.3) is 0 Å². The van der Waals surface area contributed by atoms with Crippen LogP contribution in [-0.2, 0) is 5.60 Å². The highest BCUT2D eigenvalue weighted by molar-refractivity contribution is 6.01. The SMILES string of the molecule is CC1=Nc2ccccc2C1(O)c1ccccc1. The molecular formula is C15H13NO. The fourth-order valence-corrected chi connectivity index (χ4v) is 2.38. The average Bonchev–Trinajstić information content (AvgIpc) is 2.64. The van der Waals surface area contributed by atoms with Crippen molar-refractivity contribution in [2.24, 2.45) is 4.99 Å². The highest BCUT2D eigenvalue weighted by atomic mass is 16.3. The van der Waals surface area contributed by atoms with Crippen molar-refractivity contribution in [3.8, 4) is 0 Å². The molecule has 17 heavy (non-hydrogen) atoms. The van der Waals surface area contributed by atoms with Crippen LogP contribution in [0.4, 0.5) is 5.69 Å². The Morgan fingerprint density at radius 3 is 2.35 bits per heavy atom. The summed E-state index contributed by atoms with van der Waals surface area (Å²) >= 11 is 0. The molecule has 2 aromatic carbocycles. The first kappa shape index (κ1) is 10.2. The zero-order valence-electron chi connectivity index (χ0n) is 9.59. The van der Waals surface area contributed by atoms with Gasteiger partial charge in [-0.15, -0.1) is 0 Å². The van der Waals surface area contributed by atoms with Gasteiger partial charge in [0.05, 0.1) is 11.4 Å². The molecule has 1 heterocycles. The maximum Gasteiger partial charge on any atom is 0.155 e. The zero-order chi connectivity index (χ0) is 11.9. The van der Waals surface area contributed by atoms with Gasteiger partial charge >= 0.3 is 0 Å². The van der Waals surface area contributed by atoms with Crippen molar-refractivity contribution in [1.82, 2.24) is 0 Å². The molecule has 0 spiro atoms. The van der Waals surface area contributed by atoms with E-state index in [0.29, 0.717) is 0 Å². The third kappa shape index (κ3) is 1.34. The first-order chi connectivity index (χ1) is 8.23. The van der Waals surface area contributed by atoms with Crippen LogP contribution < -0.4 is 0 Å². The van der Waals surface area contributed by atoms with Crippen molar-refractivity contribution in [3.05, 3.63) is 65.7 Å². The number of rotatable bonds is 1. The third-order valence-corrected chi connectivity index (χ3v) is 3.30. The summed E-state index contributed by atoms with van der Waals surface area (Å²) < 4.78 is 0. The molecule has 2 heteroatoms. The number of benzene rings is 2. The summed E-state index contributed by atoms with van der Waals surface area (Å²) in [4.78, 5) is 4.45. The van der Waals surface area contributed by atoms with E-state index in [-0.39, 0.29) is 0 Å². The lowest BCUT2D eigenvalue weighted by molar-refractivity contribution is 0.159. The Morgan fingerprint density at radius 2 is 1.59 bits per heavy atom. The number of nitrogens with zero attached hydrogens (tertiary/aromatic N) is 1. The number of fused-ring (bicyclic) bond motifs is 1. The first-order valence-electron chi connectivity index (χ1n) is 5.66. The van der Waals surface area contributed by atoms with Gasteiger partial charge in [0.2, 0.25) is 0 Å². The summed E-state index contributed by atoms with van der Waals surface area (Å²) in [6, 6.07) is 17.4. The maximum absolute atomic E-state index is 11.0. The summed E-state index contributed by atoms with van der Waals surface area (Å²) in [7, 11) is 0. The van der Waals surface area contributed by atoms with Crippen LogP contribution in [0, 0.1) is 0 Å². The van der Waals surface area contributed by atoms with Gasteiger partial charge in [-0.25, -0.2) is 0 Å². The van der Waals surface area contributed by atoms with Gasteiger partial charge in [-0.05, 0) is 18.6 Å². The highest BCUT2D eigenvalue weighted by Gasteiger charge is 2.40. The molecule has 1 N–H and O–H groups in total. The molecule has 2 nitrogen and oxygen atoms in total. The lowest BCUT2D eigenvalue weighted by Gasteiger charge is -2.25. The Balaban J connectivity index is 2.25. The van der Waals surface area contributed by atoms with Crippen molar-refractivity contribution in [3.63, 3.8) is 0 Å². The molecule has 0 radical (unpaired) electrons. The van der Waals surface area contributed by atoms with Crippen LogP contribution in [0.15, 0.2) is 59.6 Å². The normalized spacial score (nSPS) is 22.1. The molecular weight excluding hydrogens is 210 g/mol. The molecule has 3 rings (SSSR count). The quantitative estimate of drug-likeness (QED) is 0.791. The van der Waals surface area contributed by atoms with Gasteiger partial charge in [-0.1, -0.05) is 48.5 Å². The van der Waals surface area contributed by atoms with E-state index in [9.17, 15) is 5.11 Å². The van der Waals surface area contributed by atoms with Crippen LogP contribution >= 0.6 is 0 Å². The number of hydrogen-bond acceptors (Lipinski definition) is 2. The molecule has 1 aliphatic heterocycles. The van der Waals surface area contributed by atoms with Crippen LogP contribution in [0.1, 0.15) is 18.1 Å². The summed E-state index contributed by atoms with van der Waals surface area (Å²) in [6.07, 6.45) is 0. The van der Waals surface area contributed by atoms with Crippen molar-refractivity contribution in [1.29, 1.82) is 0 Å². The van der Waals surface area contributed by atoms with E-state index < -0.39 is 5.60 Å². The lowest BCUT2D eigenvalue weighted by atomic mass is 9.84. The van der Waals surface area contributed by atoms with Crippen LogP contribution in [-0.4, -0.2) is 10.8 Å². The molecule has 1 unspecified atom stereocenters. The number of para-hydroxylation sites is 1. The molecule has 0 aromatic heterocycles.